The summed E-state index contributed by atoms with van der Waals surface area (Å²) in [5.74, 6) is 0.713. The van der Waals surface area contributed by atoms with Crippen LogP contribution in [0.5, 0.6) is 0 Å². The van der Waals surface area contributed by atoms with Crippen LogP contribution in [-0.4, -0.2) is 16.3 Å². The summed E-state index contributed by atoms with van der Waals surface area (Å²) in [4.78, 5) is 0. The number of aromatic nitrogens is 2. The number of hydrogen-bond acceptors (Lipinski definition) is 2. The Labute approximate surface area is 91.9 Å². The molecule has 1 aliphatic rings. The lowest BCUT2D eigenvalue weighted by Gasteiger charge is -2.31. The Kier molecular flexibility index (Phi) is 2.83. The molecule has 0 radical (unpaired) electrons. The Morgan fingerprint density at radius 1 is 1.60 bits per heavy atom. The Hall–Kier alpha value is -0.830. The fourth-order valence-electron chi connectivity index (χ4n) is 2.84. The maximum absolute atomic E-state index is 4.29. The van der Waals surface area contributed by atoms with Gasteiger partial charge in [-0.3, -0.25) is 4.68 Å². The summed E-state index contributed by atoms with van der Waals surface area (Å²) >= 11 is 0. The van der Waals surface area contributed by atoms with E-state index in [4.69, 9.17) is 0 Å². The SMILES string of the molecule is CC(C)CC1(c2ccnn2C)CCCN1. The number of nitrogens with one attached hydrogen (secondary N) is 1. The van der Waals surface area contributed by atoms with Gasteiger partial charge >= 0.3 is 0 Å². The van der Waals surface area contributed by atoms with Crippen molar-refractivity contribution in [2.24, 2.45) is 13.0 Å². The van der Waals surface area contributed by atoms with E-state index < -0.39 is 0 Å². The molecular weight excluding hydrogens is 186 g/mol. The number of nitrogens with zero attached hydrogens (tertiary/aromatic N) is 2. The van der Waals surface area contributed by atoms with Gasteiger partial charge in [-0.1, -0.05) is 13.8 Å². The van der Waals surface area contributed by atoms with Crippen molar-refractivity contribution in [1.29, 1.82) is 0 Å². The van der Waals surface area contributed by atoms with Crippen LogP contribution in [0.1, 0.15) is 38.8 Å². The molecule has 0 bridgehead atoms. The molecule has 0 aromatic carbocycles. The van der Waals surface area contributed by atoms with Crippen LogP contribution in [0.15, 0.2) is 12.3 Å². The van der Waals surface area contributed by atoms with Crippen molar-refractivity contribution < 1.29 is 0 Å². The zero-order chi connectivity index (χ0) is 10.9. The molecule has 0 saturated carbocycles. The third kappa shape index (κ3) is 1.93. The van der Waals surface area contributed by atoms with Crippen LogP contribution in [0.4, 0.5) is 0 Å². The van der Waals surface area contributed by atoms with Crippen molar-refractivity contribution in [1.82, 2.24) is 15.1 Å². The van der Waals surface area contributed by atoms with Crippen LogP contribution in [0, 0.1) is 5.92 Å². The van der Waals surface area contributed by atoms with Gasteiger partial charge in [0.05, 0.1) is 11.2 Å². The fourth-order valence-corrected chi connectivity index (χ4v) is 2.84. The van der Waals surface area contributed by atoms with Gasteiger partial charge in [-0.2, -0.15) is 5.10 Å². The summed E-state index contributed by atoms with van der Waals surface area (Å²) in [6.07, 6.45) is 5.62. The van der Waals surface area contributed by atoms with Crippen molar-refractivity contribution >= 4 is 0 Å². The smallest absolute Gasteiger partial charge is 0.0608 e. The molecule has 2 heterocycles. The second kappa shape index (κ2) is 3.97. The molecule has 0 spiro atoms. The van der Waals surface area contributed by atoms with Crippen LogP contribution in [0.2, 0.25) is 0 Å². The van der Waals surface area contributed by atoms with Crippen molar-refractivity contribution in [2.45, 2.75) is 38.6 Å². The first-order chi connectivity index (χ1) is 7.14. The van der Waals surface area contributed by atoms with Crippen molar-refractivity contribution in [3.05, 3.63) is 18.0 Å². The van der Waals surface area contributed by atoms with Gasteiger partial charge in [0, 0.05) is 13.2 Å². The van der Waals surface area contributed by atoms with Crippen molar-refractivity contribution in [3.8, 4) is 0 Å². The van der Waals surface area contributed by atoms with Gasteiger partial charge < -0.3 is 5.32 Å². The van der Waals surface area contributed by atoms with Crippen LogP contribution in [-0.2, 0) is 12.6 Å². The Morgan fingerprint density at radius 2 is 2.40 bits per heavy atom. The molecular formula is C12H21N3. The second-order valence-corrected chi connectivity index (χ2v) is 5.05. The molecule has 1 aromatic rings. The summed E-state index contributed by atoms with van der Waals surface area (Å²) in [6, 6.07) is 2.15. The van der Waals surface area contributed by atoms with Crippen LogP contribution in [0.25, 0.3) is 0 Å². The normalized spacial score (nSPS) is 26.4. The van der Waals surface area contributed by atoms with Gasteiger partial charge in [0.1, 0.15) is 0 Å². The molecule has 15 heavy (non-hydrogen) atoms. The standard InChI is InChI=1S/C12H21N3/c1-10(2)9-12(6-4-7-13-12)11-5-8-14-15(11)3/h5,8,10,13H,4,6-7,9H2,1-3H3. The average molecular weight is 207 g/mol. The molecule has 1 aromatic heterocycles. The molecule has 3 nitrogen and oxygen atoms in total. The van der Waals surface area contributed by atoms with Gasteiger partial charge in [0.15, 0.2) is 0 Å². The first-order valence-electron chi connectivity index (χ1n) is 5.87. The van der Waals surface area contributed by atoms with E-state index in [1.54, 1.807) is 0 Å². The molecule has 3 heteroatoms. The monoisotopic (exact) mass is 207 g/mol. The third-order valence-corrected chi connectivity index (χ3v) is 3.31. The van der Waals surface area contributed by atoms with Crippen LogP contribution >= 0.6 is 0 Å². The van der Waals surface area contributed by atoms with Gasteiger partial charge in [-0.15, -0.1) is 0 Å². The lowest BCUT2D eigenvalue weighted by Crippen LogP contribution is -2.39. The number of aryl methyl sites for hydroxylation is 1. The van der Waals surface area contributed by atoms with Gasteiger partial charge in [0.25, 0.3) is 0 Å². The summed E-state index contributed by atoms with van der Waals surface area (Å²) in [7, 11) is 2.04. The van der Waals surface area contributed by atoms with E-state index in [-0.39, 0.29) is 5.54 Å². The molecule has 1 saturated heterocycles. The highest BCUT2D eigenvalue weighted by Crippen LogP contribution is 2.36. The minimum absolute atomic E-state index is 0.180. The maximum Gasteiger partial charge on any atom is 0.0608 e. The van der Waals surface area contributed by atoms with E-state index >= 15 is 0 Å². The lowest BCUT2D eigenvalue weighted by molar-refractivity contribution is 0.292. The molecule has 1 N–H and O–H groups in total. The summed E-state index contributed by atoms with van der Waals surface area (Å²) in [6.45, 7) is 5.72. The molecule has 0 aliphatic carbocycles. The highest BCUT2D eigenvalue weighted by molar-refractivity contribution is 5.17. The van der Waals surface area contributed by atoms with Crippen LogP contribution in [0.3, 0.4) is 0 Å². The Morgan fingerprint density at radius 3 is 2.87 bits per heavy atom. The molecule has 1 fully saturated rings. The molecule has 2 rings (SSSR count). The minimum atomic E-state index is 0.180. The molecule has 1 atom stereocenters. The van der Waals surface area contributed by atoms with E-state index in [2.05, 4.69) is 30.3 Å². The second-order valence-electron chi connectivity index (χ2n) is 5.05. The first-order valence-corrected chi connectivity index (χ1v) is 5.87. The van der Waals surface area contributed by atoms with Gasteiger partial charge in [-0.25, -0.2) is 0 Å². The quantitative estimate of drug-likeness (QED) is 0.822. The summed E-state index contributed by atoms with van der Waals surface area (Å²) < 4.78 is 2.01. The Balaban J connectivity index is 2.30. The van der Waals surface area contributed by atoms with E-state index in [9.17, 15) is 0 Å². The minimum Gasteiger partial charge on any atom is -0.306 e. The summed E-state index contributed by atoms with van der Waals surface area (Å²) in [5, 5.41) is 7.97. The summed E-state index contributed by atoms with van der Waals surface area (Å²) in [5.41, 5.74) is 1.52. The maximum atomic E-state index is 4.29. The predicted molar refractivity (Wildman–Crippen MR) is 61.6 cm³/mol. The van der Waals surface area contributed by atoms with E-state index in [0.29, 0.717) is 5.92 Å². The Bertz CT molecular complexity index is 321. The number of rotatable bonds is 3. The molecule has 0 amide bonds. The fraction of sp³-hybridized carbons (Fsp3) is 0.750. The van der Waals surface area contributed by atoms with E-state index in [0.717, 1.165) is 6.54 Å². The highest BCUT2D eigenvalue weighted by Gasteiger charge is 2.37. The molecule has 84 valence electrons. The third-order valence-electron chi connectivity index (χ3n) is 3.31. The van der Waals surface area contributed by atoms with E-state index in [1.807, 2.05) is 17.9 Å². The van der Waals surface area contributed by atoms with Crippen molar-refractivity contribution in [2.75, 3.05) is 6.54 Å². The average Bonchev–Trinajstić information content (AvgIpc) is 2.73. The first kappa shape index (κ1) is 10.7. The lowest BCUT2D eigenvalue weighted by atomic mass is 9.84. The van der Waals surface area contributed by atoms with E-state index in [1.165, 1.54) is 25.0 Å². The topological polar surface area (TPSA) is 29.9 Å². The largest absolute Gasteiger partial charge is 0.306 e. The van der Waals surface area contributed by atoms with Crippen LogP contribution < -0.4 is 5.32 Å². The molecule has 1 aliphatic heterocycles. The molecule has 1 unspecified atom stereocenters. The number of hydrogen-bond donors (Lipinski definition) is 1. The zero-order valence-corrected chi connectivity index (χ0v) is 9.95. The highest BCUT2D eigenvalue weighted by atomic mass is 15.3. The van der Waals surface area contributed by atoms with Crippen molar-refractivity contribution in [3.63, 3.8) is 0 Å². The zero-order valence-electron chi connectivity index (χ0n) is 9.95. The van der Waals surface area contributed by atoms with Gasteiger partial charge in [0.2, 0.25) is 0 Å². The van der Waals surface area contributed by atoms with Gasteiger partial charge in [-0.05, 0) is 37.8 Å². The predicted octanol–water partition coefficient (Wildman–Crippen LogP) is 2.04.